The van der Waals surface area contributed by atoms with Crippen molar-refractivity contribution in [2.75, 3.05) is 5.75 Å². The summed E-state index contributed by atoms with van der Waals surface area (Å²) < 4.78 is 0. The van der Waals surface area contributed by atoms with Crippen LogP contribution in [0.25, 0.3) is 21.7 Å². The Hall–Kier alpha value is -2.39. The van der Waals surface area contributed by atoms with Gasteiger partial charge < -0.3 is 0 Å². The molecule has 0 N–H and O–H groups in total. The summed E-state index contributed by atoms with van der Waals surface area (Å²) in [4.78, 5) is 9.10. The molecule has 0 aliphatic heterocycles. The van der Waals surface area contributed by atoms with Gasteiger partial charge in [0.1, 0.15) is 0 Å². The SMILES string of the molecule is CC(C)c1ccc2ccncc2c1C(C)CSC(C)c1cc(C(C)C)c2cccnc2c1. The van der Waals surface area contributed by atoms with E-state index in [1.54, 1.807) is 0 Å². The number of hydrogen-bond acceptors (Lipinski definition) is 3. The molecule has 4 rings (SSSR count). The van der Waals surface area contributed by atoms with E-state index in [1.807, 2.05) is 36.4 Å². The first-order valence-electron chi connectivity index (χ1n) is 11.7. The summed E-state index contributed by atoms with van der Waals surface area (Å²) in [5.41, 5.74) is 6.79. The lowest BCUT2D eigenvalue weighted by molar-refractivity contribution is 0.802. The number of aromatic nitrogens is 2. The fourth-order valence-electron chi connectivity index (χ4n) is 4.67. The summed E-state index contributed by atoms with van der Waals surface area (Å²) in [7, 11) is 0. The highest BCUT2D eigenvalue weighted by atomic mass is 32.2. The zero-order valence-corrected chi connectivity index (χ0v) is 20.9. The molecule has 2 aromatic heterocycles. The summed E-state index contributed by atoms with van der Waals surface area (Å²) in [5, 5.41) is 4.28. The van der Waals surface area contributed by atoms with Gasteiger partial charge in [0.05, 0.1) is 5.52 Å². The second kappa shape index (κ2) is 9.62. The fourth-order valence-corrected chi connectivity index (χ4v) is 5.74. The number of nitrogens with zero attached hydrogens (tertiary/aromatic N) is 2. The quantitative estimate of drug-likeness (QED) is 0.286. The molecule has 2 heterocycles. The zero-order valence-electron chi connectivity index (χ0n) is 20.1. The Labute approximate surface area is 196 Å². The summed E-state index contributed by atoms with van der Waals surface area (Å²) in [6, 6.07) is 15.6. The van der Waals surface area contributed by atoms with Crippen LogP contribution in [-0.2, 0) is 0 Å². The molecule has 0 aliphatic carbocycles. The third kappa shape index (κ3) is 4.54. The summed E-state index contributed by atoms with van der Waals surface area (Å²) >= 11 is 2.04. The lowest BCUT2D eigenvalue weighted by Crippen LogP contribution is -2.06. The van der Waals surface area contributed by atoms with Gasteiger partial charge in [0, 0.05) is 40.4 Å². The number of fused-ring (bicyclic) bond motifs is 2. The maximum absolute atomic E-state index is 4.66. The molecule has 3 heteroatoms. The average Bonchev–Trinajstić information content (AvgIpc) is 2.80. The van der Waals surface area contributed by atoms with E-state index >= 15 is 0 Å². The van der Waals surface area contributed by atoms with E-state index in [1.165, 1.54) is 38.4 Å². The largest absolute Gasteiger partial charge is 0.264 e. The van der Waals surface area contributed by atoms with E-state index in [2.05, 4.69) is 87.9 Å². The minimum atomic E-state index is 0.414. The van der Waals surface area contributed by atoms with Crippen LogP contribution in [0.1, 0.15) is 86.8 Å². The van der Waals surface area contributed by atoms with Crippen molar-refractivity contribution in [2.24, 2.45) is 0 Å². The summed E-state index contributed by atoms with van der Waals surface area (Å²) in [6.07, 6.45) is 5.84. The van der Waals surface area contributed by atoms with Crippen LogP contribution < -0.4 is 0 Å². The summed E-state index contributed by atoms with van der Waals surface area (Å²) in [6.45, 7) is 13.8. The average molecular weight is 443 g/mol. The van der Waals surface area contributed by atoms with Gasteiger partial charge in [-0.25, -0.2) is 0 Å². The van der Waals surface area contributed by atoms with Gasteiger partial charge in [0.15, 0.2) is 0 Å². The van der Waals surface area contributed by atoms with Gasteiger partial charge in [-0.2, -0.15) is 11.8 Å². The van der Waals surface area contributed by atoms with E-state index in [9.17, 15) is 0 Å². The molecule has 2 unspecified atom stereocenters. The molecule has 2 atom stereocenters. The van der Waals surface area contributed by atoms with Gasteiger partial charge in [-0.3, -0.25) is 9.97 Å². The molecule has 0 aliphatic rings. The topological polar surface area (TPSA) is 25.8 Å². The standard InChI is InChI=1S/C29H34N2S/c1-18(2)24-10-9-22-11-13-30-16-27(22)29(24)20(5)17-32-21(6)23-14-26(19(3)4)25-8-7-12-31-28(25)15-23/h7-16,18-21H,17H2,1-6H3. The van der Waals surface area contributed by atoms with Crippen LogP contribution in [0.4, 0.5) is 0 Å². The van der Waals surface area contributed by atoms with Crippen LogP contribution in [0.2, 0.25) is 0 Å². The van der Waals surface area contributed by atoms with Gasteiger partial charge in [-0.05, 0) is 70.5 Å². The number of pyridine rings is 2. The zero-order chi connectivity index (χ0) is 22.8. The van der Waals surface area contributed by atoms with Crippen molar-refractivity contribution in [2.45, 2.75) is 64.5 Å². The van der Waals surface area contributed by atoms with Crippen LogP contribution >= 0.6 is 11.8 Å². The Bertz CT molecular complexity index is 1230. The van der Waals surface area contributed by atoms with E-state index in [0.29, 0.717) is 23.0 Å². The Morgan fingerprint density at radius 3 is 2.34 bits per heavy atom. The predicted octanol–water partition coefficient (Wildman–Crippen LogP) is 8.63. The minimum Gasteiger partial charge on any atom is -0.264 e. The van der Waals surface area contributed by atoms with E-state index < -0.39 is 0 Å². The van der Waals surface area contributed by atoms with Gasteiger partial charge in [-0.1, -0.05) is 58.9 Å². The number of thioether (sulfide) groups is 1. The molecule has 0 fully saturated rings. The second-order valence-corrected chi connectivity index (χ2v) is 10.9. The van der Waals surface area contributed by atoms with Crippen LogP contribution in [0.5, 0.6) is 0 Å². The second-order valence-electron chi connectivity index (χ2n) is 9.53. The highest BCUT2D eigenvalue weighted by Crippen LogP contribution is 2.39. The maximum Gasteiger partial charge on any atom is 0.0707 e. The molecule has 166 valence electrons. The number of benzene rings is 2. The fraction of sp³-hybridized carbons (Fsp3) is 0.379. The first kappa shape index (κ1) is 22.8. The van der Waals surface area contributed by atoms with Crippen LogP contribution in [0, 0.1) is 0 Å². The molecule has 0 bridgehead atoms. The monoisotopic (exact) mass is 442 g/mol. The van der Waals surface area contributed by atoms with E-state index in [-0.39, 0.29) is 0 Å². The molecule has 0 amide bonds. The molecule has 0 saturated carbocycles. The van der Waals surface area contributed by atoms with Crippen LogP contribution in [-0.4, -0.2) is 15.7 Å². The third-order valence-electron chi connectivity index (χ3n) is 6.48. The first-order chi connectivity index (χ1) is 15.4. The highest BCUT2D eigenvalue weighted by molar-refractivity contribution is 7.99. The van der Waals surface area contributed by atoms with Crippen molar-refractivity contribution >= 4 is 33.4 Å². The Morgan fingerprint density at radius 1 is 0.812 bits per heavy atom. The van der Waals surface area contributed by atoms with Crippen LogP contribution in [0.3, 0.4) is 0 Å². The molecule has 0 spiro atoms. The Kier molecular flexibility index (Phi) is 6.85. The Balaban J connectivity index is 1.61. The maximum atomic E-state index is 4.66. The minimum absolute atomic E-state index is 0.414. The number of hydrogen-bond donors (Lipinski definition) is 0. The molecule has 0 radical (unpaired) electrons. The number of rotatable bonds is 7. The predicted molar refractivity (Wildman–Crippen MR) is 141 cm³/mol. The lowest BCUT2D eigenvalue weighted by Gasteiger charge is -2.23. The van der Waals surface area contributed by atoms with Crippen molar-refractivity contribution in [1.29, 1.82) is 0 Å². The van der Waals surface area contributed by atoms with Crippen molar-refractivity contribution in [1.82, 2.24) is 9.97 Å². The molecule has 2 nitrogen and oxygen atoms in total. The smallest absolute Gasteiger partial charge is 0.0707 e. The molecule has 2 aromatic carbocycles. The van der Waals surface area contributed by atoms with Crippen LogP contribution in [0.15, 0.2) is 61.1 Å². The molecular formula is C29H34N2S. The van der Waals surface area contributed by atoms with Gasteiger partial charge in [0.25, 0.3) is 0 Å². The molecule has 32 heavy (non-hydrogen) atoms. The normalized spacial score (nSPS) is 13.9. The van der Waals surface area contributed by atoms with Crippen molar-refractivity contribution in [3.63, 3.8) is 0 Å². The van der Waals surface area contributed by atoms with Gasteiger partial charge >= 0.3 is 0 Å². The molecular weight excluding hydrogens is 408 g/mol. The molecule has 4 aromatic rings. The van der Waals surface area contributed by atoms with Crippen molar-refractivity contribution < 1.29 is 0 Å². The lowest BCUT2D eigenvalue weighted by atomic mass is 9.87. The van der Waals surface area contributed by atoms with Gasteiger partial charge in [-0.15, -0.1) is 0 Å². The Morgan fingerprint density at radius 2 is 1.59 bits per heavy atom. The van der Waals surface area contributed by atoms with E-state index in [0.717, 1.165) is 11.3 Å². The van der Waals surface area contributed by atoms with Crippen molar-refractivity contribution in [3.05, 3.63) is 83.3 Å². The third-order valence-corrected chi connectivity index (χ3v) is 7.94. The molecule has 0 saturated heterocycles. The van der Waals surface area contributed by atoms with E-state index in [4.69, 9.17) is 0 Å². The summed E-state index contributed by atoms with van der Waals surface area (Å²) in [5.74, 6) is 2.51. The van der Waals surface area contributed by atoms with Crippen molar-refractivity contribution in [3.8, 4) is 0 Å². The van der Waals surface area contributed by atoms with Gasteiger partial charge in [0.2, 0.25) is 0 Å². The first-order valence-corrected chi connectivity index (χ1v) is 12.8. The highest BCUT2D eigenvalue weighted by Gasteiger charge is 2.19.